The van der Waals surface area contributed by atoms with Gasteiger partial charge < -0.3 is 25.0 Å². The number of alkyl carbamates (subject to hydrolysis) is 1. The highest BCUT2D eigenvalue weighted by molar-refractivity contribution is 6.58. The Balaban J connectivity index is 2.04. The van der Waals surface area contributed by atoms with E-state index in [1.165, 1.54) is 6.07 Å². The van der Waals surface area contributed by atoms with Crippen molar-refractivity contribution in [2.45, 2.75) is 45.3 Å². The zero-order chi connectivity index (χ0) is 17.9. The lowest BCUT2D eigenvalue weighted by Gasteiger charge is -2.35. The molecule has 0 radical (unpaired) electrons. The van der Waals surface area contributed by atoms with Crippen LogP contribution in [-0.4, -0.2) is 48.0 Å². The van der Waals surface area contributed by atoms with Crippen molar-refractivity contribution in [1.82, 2.24) is 5.32 Å². The zero-order valence-electron chi connectivity index (χ0n) is 14.3. The summed E-state index contributed by atoms with van der Waals surface area (Å²) in [5.41, 5.74) is 0.105. The number of benzene rings is 1. The van der Waals surface area contributed by atoms with Crippen LogP contribution in [0.5, 0.6) is 0 Å². The van der Waals surface area contributed by atoms with Gasteiger partial charge in [0.1, 0.15) is 11.4 Å². The van der Waals surface area contributed by atoms with Gasteiger partial charge in [-0.3, -0.25) is 0 Å². The third-order valence-electron chi connectivity index (χ3n) is 3.71. The molecule has 1 aromatic carbocycles. The van der Waals surface area contributed by atoms with Gasteiger partial charge in [0.15, 0.2) is 0 Å². The maximum atomic E-state index is 13.7. The third-order valence-corrected chi connectivity index (χ3v) is 3.71. The molecule has 0 aliphatic carbocycles. The van der Waals surface area contributed by atoms with E-state index in [2.05, 4.69) is 5.32 Å². The van der Waals surface area contributed by atoms with Gasteiger partial charge in [-0.25, -0.2) is 9.18 Å². The zero-order valence-corrected chi connectivity index (χ0v) is 14.3. The topological polar surface area (TPSA) is 82.0 Å². The fraction of sp³-hybridized carbons (Fsp3) is 0.562. The predicted octanol–water partition coefficient (Wildman–Crippen LogP) is 0.999. The molecule has 0 aromatic heterocycles. The van der Waals surface area contributed by atoms with Crippen molar-refractivity contribution in [1.29, 1.82) is 0 Å². The number of nitrogens with one attached hydrogen (secondary N) is 1. The van der Waals surface area contributed by atoms with Gasteiger partial charge in [-0.05, 0) is 57.3 Å². The Morgan fingerprint density at radius 2 is 2.08 bits per heavy atom. The lowest BCUT2D eigenvalue weighted by atomic mass is 9.80. The average molecular weight is 338 g/mol. The Bertz CT molecular complexity index is 592. The van der Waals surface area contributed by atoms with Crippen LogP contribution in [0.2, 0.25) is 0 Å². The van der Waals surface area contributed by atoms with Crippen LogP contribution in [0.4, 0.5) is 14.9 Å². The van der Waals surface area contributed by atoms with Gasteiger partial charge in [0.05, 0.1) is 0 Å². The molecule has 1 aliphatic heterocycles. The molecule has 6 nitrogen and oxygen atoms in total. The number of amides is 1. The largest absolute Gasteiger partial charge is 0.488 e. The van der Waals surface area contributed by atoms with Crippen LogP contribution >= 0.6 is 0 Å². The summed E-state index contributed by atoms with van der Waals surface area (Å²) in [7, 11) is -1.72. The van der Waals surface area contributed by atoms with Gasteiger partial charge in [-0.2, -0.15) is 0 Å². The molecule has 0 spiro atoms. The summed E-state index contributed by atoms with van der Waals surface area (Å²) in [5, 5.41) is 21.3. The number of hydrogen-bond acceptors (Lipinski definition) is 5. The number of carbonyl (C=O) groups excluding carboxylic acids is 1. The first-order chi connectivity index (χ1) is 11.1. The van der Waals surface area contributed by atoms with Crippen LogP contribution in [0, 0.1) is 5.82 Å². The van der Waals surface area contributed by atoms with E-state index in [0.717, 1.165) is 18.9 Å². The SMILES string of the molecule is CC(C)(C)OC(=O)NC1CCCN(c2cc(F)cc(B(O)O)c2)C1. The van der Waals surface area contributed by atoms with Crippen LogP contribution in [0.25, 0.3) is 0 Å². The molecule has 1 aromatic rings. The molecule has 1 aliphatic rings. The van der Waals surface area contributed by atoms with Gasteiger partial charge >= 0.3 is 13.2 Å². The predicted molar refractivity (Wildman–Crippen MR) is 90.8 cm³/mol. The summed E-state index contributed by atoms with van der Waals surface area (Å²) in [4.78, 5) is 13.8. The van der Waals surface area contributed by atoms with E-state index in [1.807, 2.05) is 4.90 Å². The minimum Gasteiger partial charge on any atom is -0.444 e. The van der Waals surface area contributed by atoms with Crippen LogP contribution < -0.4 is 15.7 Å². The second-order valence-electron chi connectivity index (χ2n) is 7.05. The van der Waals surface area contributed by atoms with Gasteiger partial charge in [0.25, 0.3) is 0 Å². The summed E-state index contributed by atoms with van der Waals surface area (Å²) in [6.45, 7) is 6.61. The number of hydrogen-bond donors (Lipinski definition) is 3. The quantitative estimate of drug-likeness (QED) is 0.717. The highest BCUT2D eigenvalue weighted by Crippen LogP contribution is 2.20. The number of piperidine rings is 1. The Kier molecular flexibility index (Phi) is 5.72. The molecule has 132 valence electrons. The van der Waals surface area contributed by atoms with E-state index in [1.54, 1.807) is 26.8 Å². The molecule has 1 atom stereocenters. The Hall–Kier alpha value is -1.80. The second-order valence-corrected chi connectivity index (χ2v) is 7.05. The molecule has 3 N–H and O–H groups in total. The van der Waals surface area contributed by atoms with Gasteiger partial charge in [0.2, 0.25) is 0 Å². The summed E-state index contributed by atoms with van der Waals surface area (Å²) < 4.78 is 19.0. The average Bonchev–Trinajstić information content (AvgIpc) is 2.44. The molecule has 1 fully saturated rings. The van der Waals surface area contributed by atoms with E-state index >= 15 is 0 Å². The smallest absolute Gasteiger partial charge is 0.444 e. The van der Waals surface area contributed by atoms with Crippen LogP contribution in [0.1, 0.15) is 33.6 Å². The van der Waals surface area contributed by atoms with E-state index < -0.39 is 24.6 Å². The van der Waals surface area contributed by atoms with E-state index in [0.29, 0.717) is 18.8 Å². The summed E-state index contributed by atoms with van der Waals surface area (Å²) in [6, 6.07) is 3.87. The van der Waals surface area contributed by atoms with Crippen molar-refractivity contribution in [2.24, 2.45) is 0 Å². The van der Waals surface area contributed by atoms with Gasteiger partial charge in [-0.15, -0.1) is 0 Å². The first kappa shape index (κ1) is 18.5. The molecular weight excluding hydrogens is 314 g/mol. The van der Waals surface area contributed by atoms with E-state index in [9.17, 15) is 19.2 Å². The highest BCUT2D eigenvalue weighted by Gasteiger charge is 2.25. The van der Waals surface area contributed by atoms with Crippen LogP contribution in [-0.2, 0) is 4.74 Å². The third kappa shape index (κ3) is 5.38. The lowest BCUT2D eigenvalue weighted by Crippen LogP contribution is -2.49. The molecule has 0 bridgehead atoms. The number of carbonyl (C=O) groups is 1. The number of halogens is 1. The normalized spacial score (nSPS) is 18.2. The summed E-state index contributed by atoms with van der Waals surface area (Å²) in [6.07, 6.45) is 1.16. The van der Waals surface area contributed by atoms with Gasteiger partial charge in [0, 0.05) is 24.8 Å². The van der Waals surface area contributed by atoms with E-state index in [4.69, 9.17) is 4.74 Å². The Morgan fingerprint density at radius 1 is 1.38 bits per heavy atom. The molecule has 2 rings (SSSR count). The standard InChI is InChI=1S/C16H24BFN2O4/c1-16(2,3)24-15(21)19-13-5-4-6-20(10-13)14-8-11(17(22)23)7-12(18)9-14/h7-9,13,22-23H,4-6,10H2,1-3H3,(H,19,21). The summed E-state index contributed by atoms with van der Waals surface area (Å²) in [5.74, 6) is -0.530. The maximum Gasteiger partial charge on any atom is 0.488 e. The lowest BCUT2D eigenvalue weighted by molar-refractivity contribution is 0.0500. The minimum absolute atomic E-state index is 0.104. The van der Waals surface area contributed by atoms with Crippen molar-refractivity contribution in [3.63, 3.8) is 0 Å². The molecule has 8 heteroatoms. The van der Waals surface area contributed by atoms with Crippen molar-refractivity contribution in [3.8, 4) is 0 Å². The van der Waals surface area contributed by atoms with Crippen LogP contribution in [0.15, 0.2) is 18.2 Å². The molecular formula is C16H24BFN2O4. The first-order valence-corrected chi connectivity index (χ1v) is 8.05. The fourth-order valence-electron chi connectivity index (χ4n) is 2.73. The number of nitrogens with zero attached hydrogens (tertiary/aromatic N) is 1. The molecule has 1 unspecified atom stereocenters. The van der Waals surface area contributed by atoms with Crippen molar-refractivity contribution >= 4 is 24.4 Å². The monoisotopic (exact) mass is 338 g/mol. The van der Waals surface area contributed by atoms with Gasteiger partial charge in [-0.1, -0.05) is 0 Å². The number of ether oxygens (including phenoxy) is 1. The maximum absolute atomic E-state index is 13.7. The van der Waals surface area contributed by atoms with Crippen molar-refractivity contribution in [2.75, 3.05) is 18.0 Å². The van der Waals surface area contributed by atoms with Crippen LogP contribution in [0.3, 0.4) is 0 Å². The number of rotatable bonds is 3. The van der Waals surface area contributed by atoms with E-state index in [-0.39, 0.29) is 11.5 Å². The fourth-order valence-corrected chi connectivity index (χ4v) is 2.73. The number of anilines is 1. The molecule has 24 heavy (non-hydrogen) atoms. The molecule has 1 amide bonds. The second kappa shape index (κ2) is 7.40. The Labute approximate surface area is 141 Å². The van der Waals surface area contributed by atoms with Crippen molar-refractivity contribution in [3.05, 3.63) is 24.0 Å². The first-order valence-electron chi connectivity index (χ1n) is 8.05. The minimum atomic E-state index is -1.72. The molecule has 0 saturated carbocycles. The molecule has 1 saturated heterocycles. The summed E-state index contributed by atoms with van der Waals surface area (Å²) >= 11 is 0. The highest BCUT2D eigenvalue weighted by atomic mass is 19.1. The Morgan fingerprint density at radius 3 is 2.71 bits per heavy atom. The van der Waals surface area contributed by atoms with Crippen molar-refractivity contribution < 1.29 is 24.0 Å². The molecule has 1 heterocycles.